The number of thiazole rings is 1. The van der Waals surface area contributed by atoms with Crippen molar-refractivity contribution in [1.82, 2.24) is 14.8 Å². The molecule has 1 unspecified atom stereocenters. The van der Waals surface area contributed by atoms with Crippen molar-refractivity contribution in [3.05, 3.63) is 94.0 Å². The Morgan fingerprint density at radius 1 is 1.09 bits per heavy atom. The molecule has 180 valence electrons. The number of carbonyl (C=O) groups excluding carboxylic acids is 1. The third kappa shape index (κ3) is 5.17. The zero-order chi connectivity index (χ0) is 24.4. The van der Waals surface area contributed by atoms with Crippen LogP contribution in [0.5, 0.6) is 0 Å². The van der Waals surface area contributed by atoms with Gasteiger partial charge in [-0.15, -0.1) is 11.3 Å². The molecule has 0 saturated carbocycles. The number of carbonyl (C=O) groups is 1. The van der Waals surface area contributed by atoms with Crippen molar-refractivity contribution in [1.29, 1.82) is 0 Å². The van der Waals surface area contributed by atoms with Crippen LogP contribution in [0.3, 0.4) is 0 Å². The average Bonchev–Trinajstić information content (AvgIpc) is 2.99. The zero-order valence-corrected chi connectivity index (χ0v) is 21.2. The van der Waals surface area contributed by atoms with Crippen LogP contribution in [0, 0.1) is 6.92 Å². The summed E-state index contributed by atoms with van der Waals surface area (Å²) in [5, 5.41) is 0.628. The summed E-state index contributed by atoms with van der Waals surface area (Å²) >= 11 is 1.56. The number of benzene rings is 2. The molecule has 1 amide bonds. The fourth-order valence-corrected chi connectivity index (χ4v) is 5.82. The highest BCUT2D eigenvalue weighted by Gasteiger charge is 2.27. The summed E-state index contributed by atoms with van der Waals surface area (Å²) in [5.74, 6) is 0.167. The standard InChI is InChI=1S/C29H32N4OS/c1-20-7-6-10-23(17-20)24-12-11-21(2)33(26(18-24)22-8-4-3-5-9-22)19-28(34)32-15-13-25-27(14-16-32)35-29(30)31-25/h3-10,12,17-18,21H,11,13-16,19H2,1-2H3,(H2,30,31). The first-order chi connectivity index (χ1) is 17.0. The molecule has 2 aliphatic heterocycles. The van der Waals surface area contributed by atoms with E-state index in [2.05, 4.69) is 84.4 Å². The Bertz CT molecular complexity index is 1250. The Morgan fingerprint density at radius 2 is 1.86 bits per heavy atom. The predicted molar refractivity (Wildman–Crippen MR) is 145 cm³/mol. The maximum atomic E-state index is 13.6. The van der Waals surface area contributed by atoms with Crippen molar-refractivity contribution in [2.75, 3.05) is 25.4 Å². The lowest BCUT2D eigenvalue weighted by Gasteiger charge is -2.34. The summed E-state index contributed by atoms with van der Waals surface area (Å²) in [6, 6.07) is 19.3. The lowest BCUT2D eigenvalue weighted by atomic mass is 10.0. The highest BCUT2D eigenvalue weighted by molar-refractivity contribution is 7.15. The maximum absolute atomic E-state index is 13.6. The van der Waals surface area contributed by atoms with Gasteiger partial charge in [0.2, 0.25) is 5.91 Å². The molecule has 0 bridgehead atoms. The van der Waals surface area contributed by atoms with Gasteiger partial charge in [-0.1, -0.05) is 66.2 Å². The van der Waals surface area contributed by atoms with E-state index < -0.39 is 0 Å². The first-order valence-electron chi connectivity index (χ1n) is 12.3. The molecule has 6 heteroatoms. The van der Waals surface area contributed by atoms with Crippen molar-refractivity contribution in [2.24, 2.45) is 0 Å². The molecule has 1 aromatic heterocycles. The van der Waals surface area contributed by atoms with E-state index in [-0.39, 0.29) is 11.9 Å². The van der Waals surface area contributed by atoms with E-state index in [0.717, 1.165) is 36.2 Å². The largest absolute Gasteiger partial charge is 0.375 e. The molecule has 0 fully saturated rings. The van der Waals surface area contributed by atoms with Gasteiger partial charge in [0.05, 0.1) is 12.2 Å². The molecular formula is C29H32N4OS. The topological polar surface area (TPSA) is 62.5 Å². The Labute approximate surface area is 211 Å². The predicted octanol–water partition coefficient (Wildman–Crippen LogP) is 5.18. The molecule has 0 aliphatic carbocycles. The normalized spacial score (nSPS) is 18.3. The number of nitrogens with two attached hydrogens (primary N) is 1. The van der Waals surface area contributed by atoms with Gasteiger partial charge in [0.25, 0.3) is 0 Å². The average molecular weight is 485 g/mol. The highest BCUT2D eigenvalue weighted by Crippen LogP contribution is 2.32. The molecule has 2 aliphatic rings. The Morgan fingerprint density at radius 3 is 2.66 bits per heavy atom. The minimum atomic E-state index is 0.167. The van der Waals surface area contributed by atoms with Crippen molar-refractivity contribution in [3.63, 3.8) is 0 Å². The molecular weight excluding hydrogens is 452 g/mol. The summed E-state index contributed by atoms with van der Waals surface area (Å²) in [7, 11) is 0. The van der Waals surface area contributed by atoms with E-state index in [4.69, 9.17) is 5.73 Å². The van der Waals surface area contributed by atoms with Gasteiger partial charge in [-0.3, -0.25) is 4.79 Å². The monoisotopic (exact) mass is 484 g/mol. The minimum absolute atomic E-state index is 0.167. The first-order valence-corrected chi connectivity index (χ1v) is 13.1. The number of nitrogen functional groups attached to an aromatic ring is 1. The second-order valence-electron chi connectivity index (χ2n) is 9.44. The summed E-state index contributed by atoms with van der Waals surface area (Å²) < 4.78 is 0. The second kappa shape index (κ2) is 10.1. The van der Waals surface area contributed by atoms with Crippen LogP contribution in [0.15, 0.2) is 66.7 Å². The van der Waals surface area contributed by atoms with Gasteiger partial charge in [-0.05, 0) is 43.0 Å². The second-order valence-corrected chi connectivity index (χ2v) is 10.6. The van der Waals surface area contributed by atoms with E-state index in [9.17, 15) is 4.79 Å². The third-order valence-corrected chi connectivity index (χ3v) is 7.90. The van der Waals surface area contributed by atoms with Gasteiger partial charge in [0.1, 0.15) is 0 Å². The number of aryl methyl sites for hydroxylation is 1. The van der Waals surface area contributed by atoms with E-state index in [0.29, 0.717) is 24.8 Å². The third-order valence-electron chi connectivity index (χ3n) is 6.91. The molecule has 3 heterocycles. The molecule has 2 N–H and O–H groups in total. The van der Waals surface area contributed by atoms with Crippen LogP contribution in [-0.4, -0.2) is 46.4 Å². The number of allylic oxidation sites excluding steroid dienone is 2. The minimum Gasteiger partial charge on any atom is -0.375 e. The van der Waals surface area contributed by atoms with Crippen LogP contribution in [0.25, 0.3) is 11.3 Å². The van der Waals surface area contributed by atoms with Gasteiger partial charge in [0, 0.05) is 42.5 Å². The van der Waals surface area contributed by atoms with Crippen molar-refractivity contribution < 1.29 is 4.79 Å². The fourth-order valence-electron chi connectivity index (χ4n) is 4.95. The van der Waals surface area contributed by atoms with Gasteiger partial charge in [0.15, 0.2) is 5.13 Å². The number of nitrogens with zero attached hydrogens (tertiary/aromatic N) is 3. The van der Waals surface area contributed by atoms with Crippen molar-refractivity contribution in [2.45, 2.75) is 39.2 Å². The Balaban J connectivity index is 1.42. The molecule has 1 atom stereocenters. The molecule has 3 aromatic rings. The lowest BCUT2D eigenvalue weighted by Crippen LogP contribution is -2.43. The van der Waals surface area contributed by atoms with Crippen LogP contribution < -0.4 is 5.73 Å². The van der Waals surface area contributed by atoms with Gasteiger partial charge in [-0.2, -0.15) is 0 Å². The summed E-state index contributed by atoms with van der Waals surface area (Å²) in [4.78, 5) is 23.6. The molecule has 0 radical (unpaired) electrons. The number of fused-ring (bicyclic) bond motifs is 1. The molecule has 5 nitrogen and oxygen atoms in total. The number of anilines is 1. The molecule has 2 aromatic carbocycles. The van der Waals surface area contributed by atoms with Crippen LogP contribution in [0.1, 0.15) is 40.6 Å². The quantitative estimate of drug-likeness (QED) is 0.554. The number of amides is 1. The number of hydrogen-bond donors (Lipinski definition) is 1. The fraction of sp³-hybridized carbons (Fsp3) is 0.310. The molecule has 0 spiro atoms. The highest BCUT2D eigenvalue weighted by atomic mass is 32.1. The van der Waals surface area contributed by atoms with Crippen molar-refractivity contribution >= 4 is 33.6 Å². The smallest absolute Gasteiger partial charge is 0.242 e. The molecule has 5 rings (SSSR count). The lowest BCUT2D eigenvalue weighted by molar-refractivity contribution is -0.131. The van der Waals surface area contributed by atoms with Gasteiger partial charge < -0.3 is 15.5 Å². The van der Waals surface area contributed by atoms with E-state index in [1.165, 1.54) is 21.6 Å². The summed E-state index contributed by atoms with van der Waals surface area (Å²) in [6.07, 6.45) is 7.04. The summed E-state index contributed by atoms with van der Waals surface area (Å²) in [6.45, 7) is 6.11. The van der Waals surface area contributed by atoms with Gasteiger partial charge >= 0.3 is 0 Å². The van der Waals surface area contributed by atoms with E-state index in [1.807, 2.05) is 11.0 Å². The maximum Gasteiger partial charge on any atom is 0.242 e. The van der Waals surface area contributed by atoms with Gasteiger partial charge in [-0.25, -0.2) is 4.98 Å². The molecule has 0 saturated heterocycles. The van der Waals surface area contributed by atoms with Crippen LogP contribution >= 0.6 is 11.3 Å². The van der Waals surface area contributed by atoms with E-state index in [1.54, 1.807) is 11.3 Å². The number of rotatable bonds is 4. The van der Waals surface area contributed by atoms with Crippen LogP contribution in [-0.2, 0) is 17.6 Å². The first kappa shape index (κ1) is 23.4. The number of aromatic nitrogens is 1. The van der Waals surface area contributed by atoms with Crippen LogP contribution in [0.4, 0.5) is 5.13 Å². The number of hydrogen-bond acceptors (Lipinski definition) is 5. The van der Waals surface area contributed by atoms with Crippen molar-refractivity contribution in [3.8, 4) is 0 Å². The zero-order valence-electron chi connectivity index (χ0n) is 20.4. The SMILES string of the molecule is Cc1cccc(C2=CCC(C)N(CC(=O)N3CCc4nc(N)sc4CC3)C(c3ccccc3)=C2)c1. The Kier molecular flexibility index (Phi) is 6.73. The van der Waals surface area contributed by atoms with Crippen LogP contribution in [0.2, 0.25) is 0 Å². The Hall–Kier alpha value is -3.38. The summed E-state index contributed by atoms with van der Waals surface area (Å²) in [5.41, 5.74) is 12.8. The van der Waals surface area contributed by atoms with E-state index >= 15 is 0 Å². The molecule has 35 heavy (non-hydrogen) atoms.